The number of alkyl carbamates (subject to hydrolysis) is 2. The van der Waals surface area contributed by atoms with Crippen molar-refractivity contribution in [2.24, 2.45) is 5.73 Å². The van der Waals surface area contributed by atoms with E-state index < -0.39 is 59.2 Å². The Kier molecular flexibility index (Phi) is 43.0. The highest BCUT2D eigenvalue weighted by Crippen LogP contribution is 2.09. The number of carbonyl (C=O) groups is 8. The van der Waals surface area contributed by atoms with Gasteiger partial charge in [0.25, 0.3) is 0 Å². The third kappa shape index (κ3) is 47.4. The van der Waals surface area contributed by atoms with E-state index in [2.05, 4.69) is 48.3 Å². The van der Waals surface area contributed by atoms with Gasteiger partial charge in [-0.05, 0) is 86.6 Å². The molecule has 8 N–H and O–H groups in total. The third-order valence-electron chi connectivity index (χ3n) is 8.80. The number of esters is 2. The summed E-state index contributed by atoms with van der Waals surface area (Å²) in [6.45, 7) is 19.2. The Morgan fingerprint density at radius 1 is 0.458 bits per heavy atom. The molecule has 0 spiro atoms. The first-order valence-electron chi connectivity index (χ1n) is 24.6. The van der Waals surface area contributed by atoms with Crippen molar-refractivity contribution in [2.45, 2.75) is 130 Å². The molecule has 0 heterocycles. The van der Waals surface area contributed by atoms with E-state index >= 15 is 0 Å². The molecule has 0 radical (unpaired) electrons. The first-order chi connectivity index (χ1) is 34.2. The minimum absolute atomic E-state index is 0.0128. The predicted molar refractivity (Wildman–Crippen MR) is 264 cm³/mol. The lowest BCUT2D eigenvalue weighted by molar-refractivity contribution is -0.141. The van der Waals surface area contributed by atoms with Crippen LogP contribution in [0.15, 0.2) is 0 Å². The fourth-order valence-corrected chi connectivity index (χ4v) is 5.19. The number of nitrogens with one attached hydrogen (secondary N) is 6. The van der Waals surface area contributed by atoms with E-state index in [9.17, 15) is 38.4 Å². The van der Waals surface area contributed by atoms with Gasteiger partial charge >= 0.3 is 24.1 Å². The van der Waals surface area contributed by atoms with Crippen LogP contribution in [0.3, 0.4) is 0 Å². The molecule has 0 aliphatic heterocycles. The molecule has 2 atom stereocenters. The van der Waals surface area contributed by atoms with Gasteiger partial charge < -0.3 is 85.0 Å². The largest absolute Gasteiger partial charge is 0.468 e. The summed E-state index contributed by atoms with van der Waals surface area (Å²) < 4.78 is 51.7. The van der Waals surface area contributed by atoms with Crippen LogP contribution in [0, 0.1) is 0 Å². The maximum absolute atomic E-state index is 12.4. The van der Waals surface area contributed by atoms with Gasteiger partial charge in [-0.3, -0.25) is 28.8 Å². The molecule has 0 rings (SSSR count). The Hall–Kier alpha value is -4.92. The van der Waals surface area contributed by atoms with Gasteiger partial charge in [-0.1, -0.05) is 13.3 Å². The van der Waals surface area contributed by atoms with Crippen molar-refractivity contribution in [3.63, 3.8) is 0 Å². The molecule has 0 aromatic heterocycles. The second-order valence-corrected chi connectivity index (χ2v) is 17.6. The molecule has 0 saturated carbocycles. The minimum atomic E-state index is -1.07. The molecule has 0 bridgehead atoms. The van der Waals surface area contributed by atoms with Gasteiger partial charge in [0.15, 0.2) is 0 Å². The first kappa shape index (κ1) is 69.2. The van der Waals surface area contributed by atoms with E-state index in [1.54, 1.807) is 41.5 Å². The topological polar surface area (TPSA) is 327 Å². The number of nitrogens with two attached hydrogens (primary N) is 1. The summed E-state index contributed by atoms with van der Waals surface area (Å²) >= 11 is 0. The molecule has 0 saturated heterocycles. The Labute approximate surface area is 426 Å². The van der Waals surface area contributed by atoms with Crippen LogP contribution < -0.4 is 37.6 Å². The summed E-state index contributed by atoms with van der Waals surface area (Å²) in [5.41, 5.74) is 3.85. The molecule has 0 unspecified atom stereocenters. The number of carbonyl (C=O) groups excluding carboxylic acids is 8. The second-order valence-electron chi connectivity index (χ2n) is 17.6. The quantitative estimate of drug-likeness (QED) is 0.0257. The van der Waals surface area contributed by atoms with Crippen molar-refractivity contribution in [1.82, 2.24) is 31.9 Å². The van der Waals surface area contributed by atoms with Gasteiger partial charge in [0.05, 0.1) is 67.1 Å². The SMILES string of the molecule is CCCCOCCOCCOCCCNC(=O)CC[C@H](NC(=O)OC(C)(C)C)C(=O)NCC(=O)OC.COC(=O)CNC(=O)[C@H](CCC(=O)NCCCOCCOCCOCCCN)NC(=O)OC(C)(C)C. The summed E-state index contributed by atoms with van der Waals surface area (Å²) in [6, 6.07) is -2.12. The number of hydrogen-bond donors (Lipinski definition) is 7. The lowest BCUT2D eigenvalue weighted by Crippen LogP contribution is -2.49. The molecule has 420 valence electrons. The van der Waals surface area contributed by atoms with Crippen molar-refractivity contribution >= 4 is 47.8 Å². The number of rotatable bonds is 40. The smallest absolute Gasteiger partial charge is 0.408 e. The zero-order chi connectivity index (χ0) is 54.5. The van der Waals surface area contributed by atoms with E-state index in [-0.39, 0.29) is 50.6 Å². The van der Waals surface area contributed by atoms with E-state index in [0.717, 1.165) is 25.9 Å². The van der Waals surface area contributed by atoms with E-state index in [0.29, 0.717) is 105 Å². The summed E-state index contributed by atoms with van der Waals surface area (Å²) in [4.78, 5) is 95.9. The Bertz CT molecular complexity index is 1390. The highest BCUT2D eigenvalue weighted by Gasteiger charge is 2.27. The van der Waals surface area contributed by atoms with Gasteiger partial charge in [-0.25, -0.2) is 9.59 Å². The van der Waals surface area contributed by atoms with Gasteiger partial charge in [-0.2, -0.15) is 0 Å². The van der Waals surface area contributed by atoms with E-state index in [1.165, 1.54) is 14.2 Å². The highest BCUT2D eigenvalue weighted by molar-refractivity contribution is 5.90. The molecule has 25 nitrogen and oxygen atoms in total. The van der Waals surface area contributed by atoms with Crippen molar-refractivity contribution < 1.29 is 85.7 Å². The fourth-order valence-electron chi connectivity index (χ4n) is 5.19. The average Bonchev–Trinajstić information content (AvgIpc) is 3.31. The number of amides is 6. The third-order valence-corrected chi connectivity index (χ3v) is 8.80. The highest BCUT2D eigenvalue weighted by atomic mass is 16.6. The summed E-state index contributed by atoms with van der Waals surface area (Å²) in [7, 11) is 2.39. The van der Waals surface area contributed by atoms with Gasteiger partial charge in [-0.15, -0.1) is 0 Å². The van der Waals surface area contributed by atoms with Crippen molar-refractivity contribution in [2.75, 3.05) is 126 Å². The Morgan fingerprint density at radius 2 is 0.778 bits per heavy atom. The van der Waals surface area contributed by atoms with Crippen LogP contribution in [-0.4, -0.2) is 197 Å². The van der Waals surface area contributed by atoms with E-state index in [4.69, 9.17) is 43.6 Å². The zero-order valence-electron chi connectivity index (χ0n) is 44.5. The van der Waals surface area contributed by atoms with Gasteiger partial charge in [0.1, 0.15) is 36.4 Å². The Balaban J connectivity index is 0. The molecule has 6 amide bonds. The van der Waals surface area contributed by atoms with Crippen LogP contribution in [0.25, 0.3) is 0 Å². The second kappa shape index (κ2) is 44.8. The molecular formula is C47H89N7O18. The molecular weight excluding hydrogens is 951 g/mol. The van der Waals surface area contributed by atoms with Gasteiger partial charge in [0, 0.05) is 52.4 Å². The lowest BCUT2D eigenvalue weighted by Gasteiger charge is -2.23. The summed E-state index contributed by atoms with van der Waals surface area (Å²) in [5.74, 6) is -3.09. The van der Waals surface area contributed by atoms with Crippen molar-refractivity contribution in [3.8, 4) is 0 Å². The maximum Gasteiger partial charge on any atom is 0.408 e. The lowest BCUT2D eigenvalue weighted by atomic mass is 10.1. The van der Waals surface area contributed by atoms with Crippen LogP contribution in [0.1, 0.15) is 106 Å². The molecule has 0 aliphatic rings. The number of ether oxygens (including phenoxy) is 10. The predicted octanol–water partition coefficient (Wildman–Crippen LogP) is 1.16. The molecule has 72 heavy (non-hydrogen) atoms. The standard InChI is InChI=1S/C24H45N3O9.C23H44N4O9/c1-6-7-12-33-14-16-35-17-15-34-13-8-11-25-20(28)10-9-19(22(30)26-18-21(29)32-5)27-23(31)36-24(2,3)4;1-23(2,3)36-22(31)27-18(21(30)26-17-20(29)32-4)7-8-19(28)25-10-6-12-34-14-16-35-15-13-33-11-5-9-24/h19H,6-18H2,1-5H3,(H,25,28)(H,26,30)(H,27,31);18H,5-17,24H2,1-4H3,(H,25,28)(H,26,30)(H,27,31)/t19-;18-/m00/s1. The van der Waals surface area contributed by atoms with Crippen LogP contribution in [-0.2, 0) is 76.1 Å². The number of hydrogen-bond acceptors (Lipinski definition) is 19. The minimum Gasteiger partial charge on any atom is -0.468 e. The molecule has 0 aromatic rings. The van der Waals surface area contributed by atoms with Crippen LogP contribution in [0.5, 0.6) is 0 Å². The summed E-state index contributed by atoms with van der Waals surface area (Å²) in [5, 5.41) is 15.1. The van der Waals surface area contributed by atoms with Crippen molar-refractivity contribution in [3.05, 3.63) is 0 Å². The molecule has 0 aromatic carbocycles. The summed E-state index contributed by atoms with van der Waals surface area (Å²) in [6.07, 6.45) is 2.61. The van der Waals surface area contributed by atoms with Gasteiger partial charge in [0.2, 0.25) is 23.6 Å². The average molecular weight is 1040 g/mol. The maximum atomic E-state index is 12.4. The molecule has 25 heteroatoms. The monoisotopic (exact) mass is 1040 g/mol. The number of methoxy groups -OCH3 is 2. The van der Waals surface area contributed by atoms with Crippen LogP contribution in [0.2, 0.25) is 0 Å². The van der Waals surface area contributed by atoms with Crippen molar-refractivity contribution in [1.29, 1.82) is 0 Å². The van der Waals surface area contributed by atoms with Crippen LogP contribution >= 0.6 is 0 Å². The molecule has 0 fully saturated rings. The number of unbranched alkanes of at least 4 members (excludes halogenated alkanes) is 1. The first-order valence-corrected chi connectivity index (χ1v) is 24.6. The van der Waals surface area contributed by atoms with Crippen LogP contribution in [0.4, 0.5) is 9.59 Å². The zero-order valence-corrected chi connectivity index (χ0v) is 44.5. The Morgan fingerprint density at radius 3 is 1.08 bits per heavy atom. The normalized spacial score (nSPS) is 11.9. The fraction of sp³-hybridized carbons (Fsp3) is 0.830. The van der Waals surface area contributed by atoms with E-state index in [1.807, 2.05) is 0 Å². The molecule has 0 aliphatic carbocycles.